The molecule has 4 nitrogen and oxygen atoms in total. The molecule has 116 valence electrons. The number of nitrogens with zero attached hydrogens (tertiary/aromatic N) is 1. The van der Waals surface area contributed by atoms with Gasteiger partial charge in [0.05, 0.1) is 23.3 Å². The number of rotatable bonds is 5. The monoisotopic (exact) mass is 327 g/mol. The Bertz CT molecular complexity index is 586. The first-order valence-corrected chi connectivity index (χ1v) is 9.89. The van der Waals surface area contributed by atoms with Crippen LogP contribution < -0.4 is 0 Å². The fourth-order valence-electron chi connectivity index (χ4n) is 2.35. The van der Waals surface area contributed by atoms with Crippen LogP contribution in [0.25, 0.3) is 0 Å². The Balaban J connectivity index is 1.86. The minimum Gasteiger partial charge on any atom is -0.338 e. The lowest BCUT2D eigenvalue weighted by Crippen LogP contribution is -2.31. The van der Waals surface area contributed by atoms with Crippen LogP contribution in [0.5, 0.6) is 0 Å². The average molecular weight is 327 g/mol. The molecule has 0 unspecified atom stereocenters. The lowest BCUT2D eigenvalue weighted by molar-refractivity contribution is -0.128. The highest BCUT2D eigenvalue weighted by Gasteiger charge is 2.29. The van der Waals surface area contributed by atoms with E-state index in [9.17, 15) is 13.2 Å². The second-order valence-corrected chi connectivity index (χ2v) is 8.94. The highest BCUT2D eigenvalue weighted by atomic mass is 32.2. The van der Waals surface area contributed by atoms with E-state index < -0.39 is 9.84 Å². The number of carbonyl (C=O) groups is 1. The quantitative estimate of drug-likeness (QED) is 0.831. The number of sulfone groups is 1. The van der Waals surface area contributed by atoms with Crippen molar-refractivity contribution >= 4 is 27.5 Å². The van der Waals surface area contributed by atoms with Crippen molar-refractivity contribution in [2.24, 2.45) is 0 Å². The van der Waals surface area contributed by atoms with Gasteiger partial charge in [-0.1, -0.05) is 30.3 Å². The maximum atomic E-state index is 12.2. The molecule has 2 atom stereocenters. The minimum absolute atomic E-state index is 0.0200. The second kappa shape index (κ2) is 6.83. The van der Waals surface area contributed by atoms with Gasteiger partial charge in [-0.15, -0.1) is 11.8 Å². The van der Waals surface area contributed by atoms with Gasteiger partial charge in [0, 0.05) is 12.3 Å². The van der Waals surface area contributed by atoms with Crippen LogP contribution in [0, 0.1) is 0 Å². The maximum Gasteiger partial charge on any atom is 0.232 e. The summed E-state index contributed by atoms with van der Waals surface area (Å²) in [5.41, 5.74) is 1.10. The van der Waals surface area contributed by atoms with Crippen molar-refractivity contribution in [3.8, 4) is 0 Å². The van der Waals surface area contributed by atoms with Crippen LogP contribution >= 0.6 is 11.8 Å². The number of thioether (sulfide) groups is 1. The van der Waals surface area contributed by atoms with Crippen molar-refractivity contribution in [2.75, 3.05) is 24.3 Å². The number of hydrogen-bond donors (Lipinski definition) is 0. The number of hydrogen-bond acceptors (Lipinski definition) is 4. The van der Waals surface area contributed by atoms with E-state index in [2.05, 4.69) is 0 Å². The van der Waals surface area contributed by atoms with Gasteiger partial charge in [0.2, 0.25) is 5.91 Å². The fraction of sp³-hybridized carbons (Fsp3) is 0.533. The molecule has 0 radical (unpaired) electrons. The van der Waals surface area contributed by atoms with Crippen LogP contribution in [0.4, 0.5) is 0 Å². The highest BCUT2D eigenvalue weighted by molar-refractivity contribution is 8.02. The SMILES string of the molecule is C[C@H](c1ccccc1)N(C)C(=O)CS[C@@H]1CCS(=O)(=O)C1. The molecule has 0 aromatic heterocycles. The molecule has 21 heavy (non-hydrogen) atoms. The molecule has 0 N–H and O–H groups in total. The van der Waals surface area contributed by atoms with Gasteiger partial charge < -0.3 is 4.90 Å². The summed E-state index contributed by atoms with van der Waals surface area (Å²) in [4.78, 5) is 14.0. The molecule has 1 saturated heterocycles. The normalized spacial score (nSPS) is 21.9. The summed E-state index contributed by atoms with van der Waals surface area (Å²) in [6, 6.07) is 9.90. The molecule has 0 spiro atoms. The molecule has 0 saturated carbocycles. The molecule has 2 rings (SSSR count). The zero-order valence-electron chi connectivity index (χ0n) is 12.4. The number of carbonyl (C=O) groups excluding carboxylic acids is 1. The van der Waals surface area contributed by atoms with Gasteiger partial charge in [-0.2, -0.15) is 0 Å². The average Bonchev–Trinajstić information content (AvgIpc) is 2.83. The van der Waals surface area contributed by atoms with Crippen molar-refractivity contribution in [1.29, 1.82) is 0 Å². The lowest BCUT2D eigenvalue weighted by atomic mass is 10.1. The van der Waals surface area contributed by atoms with Crippen LogP contribution in [-0.2, 0) is 14.6 Å². The molecule has 1 aromatic rings. The van der Waals surface area contributed by atoms with Gasteiger partial charge in [-0.3, -0.25) is 4.79 Å². The van der Waals surface area contributed by atoms with E-state index in [1.807, 2.05) is 37.3 Å². The summed E-state index contributed by atoms with van der Waals surface area (Å²) < 4.78 is 22.8. The molecular weight excluding hydrogens is 306 g/mol. The first-order valence-electron chi connectivity index (χ1n) is 7.01. The Kier molecular flexibility index (Phi) is 5.32. The van der Waals surface area contributed by atoms with Gasteiger partial charge in [-0.25, -0.2) is 8.42 Å². The molecule has 1 aromatic carbocycles. The molecule has 1 aliphatic rings. The third-order valence-electron chi connectivity index (χ3n) is 3.89. The van der Waals surface area contributed by atoms with Gasteiger partial charge in [0.15, 0.2) is 9.84 Å². The van der Waals surface area contributed by atoms with Crippen molar-refractivity contribution in [2.45, 2.75) is 24.6 Å². The van der Waals surface area contributed by atoms with Crippen LogP contribution in [0.3, 0.4) is 0 Å². The minimum atomic E-state index is -2.87. The highest BCUT2D eigenvalue weighted by Crippen LogP contribution is 2.25. The van der Waals surface area contributed by atoms with Crippen LogP contribution in [-0.4, -0.2) is 48.8 Å². The summed E-state index contributed by atoms with van der Waals surface area (Å²) in [6.45, 7) is 2.00. The molecular formula is C15H21NO3S2. The predicted octanol–water partition coefficient (Wildman–Crippen LogP) is 2.13. The van der Waals surface area contributed by atoms with Crippen LogP contribution in [0.1, 0.15) is 24.9 Å². The number of benzene rings is 1. The van der Waals surface area contributed by atoms with E-state index in [1.54, 1.807) is 11.9 Å². The first kappa shape index (κ1) is 16.4. The summed E-state index contributed by atoms with van der Waals surface area (Å²) in [7, 11) is -1.07. The summed E-state index contributed by atoms with van der Waals surface area (Å²) in [6.07, 6.45) is 0.665. The van der Waals surface area contributed by atoms with E-state index in [-0.39, 0.29) is 28.7 Å². The van der Waals surface area contributed by atoms with E-state index in [0.29, 0.717) is 12.2 Å². The molecule has 1 fully saturated rings. The van der Waals surface area contributed by atoms with Gasteiger partial charge >= 0.3 is 0 Å². The van der Waals surface area contributed by atoms with Crippen molar-refractivity contribution < 1.29 is 13.2 Å². The van der Waals surface area contributed by atoms with E-state index in [1.165, 1.54) is 11.8 Å². The third kappa shape index (κ3) is 4.48. The van der Waals surface area contributed by atoms with Gasteiger partial charge in [-0.05, 0) is 18.9 Å². The predicted molar refractivity (Wildman–Crippen MR) is 87.1 cm³/mol. The van der Waals surface area contributed by atoms with Gasteiger partial charge in [0.1, 0.15) is 0 Å². The standard InChI is InChI=1S/C15H21NO3S2/c1-12(13-6-4-3-5-7-13)16(2)15(17)10-20-14-8-9-21(18,19)11-14/h3-7,12,14H,8-11H2,1-2H3/t12-,14-/m1/s1. The molecule has 6 heteroatoms. The molecule has 1 amide bonds. The Morgan fingerprint density at radius 3 is 2.62 bits per heavy atom. The van der Waals surface area contributed by atoms with Crippen molar-refractivity contribution in [3.05, 3.63) is 35.9 Å². The Labute approximate surface area is 130 Å². The molecule has 0 aliphatic carbocycles. The topological polar surface area (TPSA) is 54.5 Å². The molecule has 0 bridgehead atoms. The van der Waals surface area contributed by atoms with Gasteiger partial charge in [0.25, 0.3) is 0 Å². The van der Waals surface area contributed by atoms with Crippen LogP contribution in [0.15, 0.2) is 30.3 Å². The fourth-order valence-corrected chi connectivity index (χ4v) is 5.92. The van der Waals surface area contributed by atoms with Crippen LogP contribution in [0.2, 0.25) is 0 Å². The van der Waals surface area contributed by atoms with E-state index in [4.69, 9.17) is 0 Å². The Morgan fingerprint density at radius 1 is 1.38 bits per heavy atom. The number of amides is 1. The first-order chi connectivity index (χ1) is 9.89. The third-order valence-corrected chi connectivity index (χ3v) is 7.16. The summed E-state index contributed by atoms with van der Waals surface area (Å²) in [5, 5.41) is 0.0689. The largest absolute Gasteiger partial charge is 0.338 e. The maximum absolute atomic E-state index is 12.2. The van der Waals surface area contributed by atoms with E-state index in [0.717, 1.165) is 5.56 Å². The smallest absolute Gasteiger partial charge is 0.232 e. The summed E-state index contributed by atoms with van der Waals surface area (Å²) >= 11 is 1.46. The Morgan fingerprint density at radius 2 is 2.05 bits per heavy atom. The summed E-state index contributed by atoms with van der Waals surface area (Å²) in [5.74, 6) is 0.854. The second-order valence-electron chi connectivity index (χ2n) is 5.43. The zero-order chi connectivity index (χ0) is 15.5. The molecule has 1 aliphatic heterocycles. The lowest BCUT2D eigenvalue weighted by Gasteiger charge is -2.25. The molecule has 1 heterocycles. The van der Waals surface area contributed by atoms with Crippen molar-refractivity contribution in [1.82, 2.24) is 4.90 Å². The van der Waals surface area contributed by atoms with E-state index >= 15 is 0 Å². The zero-order valence-corrected chi connectivity index (χ0v) is 14.0. The Hall–Kier alpha value is -1.01. The van der Waals surface area contributed by atoms with Crippen molar-refractivity contribution in [3.63, 3.8) is 0 Å².